The highest BCUT2D eigenvalue weighted by Crippen LogP contribution is 2.15. The van der Waals surface area contributed by atoms with Crippen LogP contribution in [0.2, 0.25) is 0 Å². The molecular formula is C26H48Cl2O3. The molecule has 2 atom stereocenters. The maximum absolute atomic E-state index is 6.14. The van der Waals surface area contributed by atoms with E-state index < -0.39 is 0 Å². The van der Waals surface area contributed by atoms with E-state index in [0.717, 1.165) is 63.1 Å². The summed E-state index contributed by atoms with van der Waals surface area (Å²) in [5.74, 6) is 1.56. The van der Waals surface area contributed by atoms with E-state index in [1.807, 2.05) is 13.8 Å². The molecule has 0 aromatic heterocycles. The molecule has 0 aliphatic carbocycles. The molecule has 0 saturated carbocycles. The van der Waals surface area contributed by atoms with Gasteiger partial charge in [0.15, 0.2) is 12.6 Å². The first-order valence-corrected chi connectivity index (χ1v) is 13.7. The quantitative estimate of drug-likeness (QED) is 0.0599. The molecule has 184 valence electrons. The lowest BCUT2D eigenvalue weighted by atomic mass is 10.1. The zero-order chi connectivity index (χ0) is 22.8. The van der Waals surface area contributed by atoms with Crippen LogP contribution in [0.1, 0.15) is 104 Å². The van der Waals surface area contributed by atoms with Gasteiger partial charge in [-0.1, -0.05) is 50.0 Å². The molecule has 5 heteroatoms. The molecule has 0 N–H and O–H groups in total. The minimum absolute atomic E-state index is 0.208. The number of halogens is 2. The van der Waals surface area contributed by atoms with Gasteiger partial charge in [0, 0.05) is 37.8 Å². The van der Waals surface area contributed by atoms with Crippen LogP contribution in [0.3, 0.4) is 0 Å². The number of allylic oxidation sites excluding steroid dienone is 4. The Morgan fingerprint density at radius 1 is 0.548 bits per heavy atom. The lowest BCUT2D eigenvalue weighted by molar-refractivity contribution is -0.246. The number of hydrogen-bond donors (Lipinski definition) is 0. The van der Waals surface area contributed by atoms with Crippen molar-refractivity contribution >= 4 is 23.2 Å². The summed E-state index contributed by atoms with van der Waals surface area (Å²) >= 11 is 11.4. The van der Waals surface area contributed by atoms with Crippen LogP contribution in [0.15, 0.2) is 24.3 Å². The Hall–Kier alpha value is -0.0600. The standard InChI is InChI=1S/C26H48Cl2O3/c1-3-29-25(21-17-13-9-5-7-11-15-19-23-27)31-26(30-4-2)22-18-14-10-6-8-12-16-20-24-28/h9-10,13-14,25-26H,3-8,11-12,15-24H2,1-2H3. The molecule has 2 unspecified atom stereocenters. The van der Waals surface area contributed by atoms with Crippen LogP contribution < -0.4 is 0 Å². The maximum atomic E-state index is 6.14. The van der Waals surface area contributed by atoms with E-state index in [0.29, 0.717) is 13.2 Å². The number of rotatable bonds is 24. The van der Waals surface area contributed by atoms with Gasteiger partial charge in [0.05, 0.1) is 0 Å². The Labute approximate surface area is 202 Å². The van der Waals surface area contributed by atoms with Crippen LogP contribution in [-0.4, -0.2) is 37.6 Å². The molecule has 0 saturated heterocycles. The highest BCUT2D eigenvalue weighted by atomic mass is 35.5. The van der Waals surface area contributed by atoms with Gasteiger partial charge in [-0.3, -0.25) is 0 Å². The molecule has 0 heterocycles. The molecule has 0 aliphatic heterocycles. The fourth-order valence-electron chi connectivity index (χ4n) is 3.28. The second-order valence-electron chi connectivity index (χ2n) is 7.79. The van der Waals surface area contributed by atoms with Crippen LogP contribution in [0.4, 0.5) is 0 Å². The molecule has 31 heavy (non-hydrogen) atoms. The van der Waals surface area contributed by atoms with E-state index in [9.17, 15) is 0 Å². The minimum atomic E-state index is -0.208. The molecule has 0 aromatic rings. The fraction of sp³-hybridized carbons (Fsp3) is 0.846. The van der Waals surface area contributed by atoms with Crippen molar-refractivity contribution in [2.75, 3.05) is 25.0 Å². The molecule has 0 aliphatic rings. The molecule has 0 amide bonds. The third-order valence-electron chi connectivity index (χ3n) is 4.99. The lowest BCUT2D eigenvalue weighted by Crippen LogP contribution is -2.27. The molecule has 0 radical (unpaired) electrons. The second-order valence-corrected chi connectivity index (χ2v) is 8.54. The van der Waals surface area contributed by atoms with Gasteiger partial charge in [-0.2, -0.15) is 0 Å². The summed E-state index contributed by atoms with van der Waals surface area (Å²) < 4.78 is 17.8. The summed E-state index contributed by atoms with van der Waals surface area (Å²) in [6.07, 6.45) is 24.3. The highest BCUT2D eigenvalue weighted by molar-refractivity contribution is 6.18. The average molecular weight is 480 g/mol. The number of unbranched alkanes of at least 4 members (excludes halogenated alkanes) is 8. The first-order valence-electron chi connectivity index (χ1n) is 12.6. The average Bonchev–Trinajstić information content (AvgIpc) is 2.77. The third-order valence-corrected chi connectivity index (χ3v) is 5.52. The molecule has 0 fully saturated rings. The van der Waals surface area contributed by atoms with Crippen molar-refractivity contribution in [3.63, 3.8) is 0 Å². The van der Waals surface area contributed by atoms with Crippen LogP contribution in [0, 0.1) is 0 Å². The maximum Gasteiger partial charge on any atom is 0.161 e. The second kappa shape index (κ2) is 26.2. The molecule has 3 nitrogen and oxygen atoms in total. The van der Waals surface area contributed by atoms with E-state index >= 15 is 0 Å². The van der Waals surface area contributed by atoms with Crippen molar-refractivity contribution in [1.29, 1.82) is 0 Å². The van der Waals surface area contributed by atoms with Crippen LogP contribution in [0.25, 0.3) is 0 Å². The van der Waals surface area contributed by atoms with Crippen LogP contribution in [0.5, 0.6) is 0 Å². The summed E-state index contributed by atoms with van der Waals surface area (Å²) in [4.78, 5) is 0. The fourth-order valence-corrected chi connectivity index (χ4v) is 3.66. The summed E-state index contributed by atoms with van der Waals surface area (Å²) in [6, 6.07) is 0. The molecule has 0 spiro atoms. The number of ether oxygens (including phenoxy) is 3. The number of hydrogen-bond acceptors (Lipinski definition) is 3. The molecule has 0 rings (SSSR count). The topological polar surface area (TPSA) is 27.7 Å². The van der Waals surface area contributed by atoms with E-state index in [2.05, 4.69) is 24.3 Å². The van der Waals surface area contributed by atoms with Gasteiger partial charge in [-0.15, -0.1) is 23.2 Å². The molecule has 0 aromatic carbocycles. The van der Waals surface area contributed by atoms with Crippen LogP contribution in [-0.2, 0) is 14.2 Å². The minimum Gasteiger partial charge on any atom is -0.353 e. The Bertz CT molecular complexity index is 366. The molecule has 0 bridgehead atoms. The van der Waals surface area contributed by atoms with E-state index in [1.165, 1.54) is 38.5 Å². The SMILES string of the molecule is CCOC(CCC=CCCCCCCCl)OC(CCC=CCCCCCCCl)OCC. The monoisotopic (exact) mass is 478 g/mol. The Kier molecular flexibility index (Phi) is 26.1. The smallest absolute Gasteiger partial charge is 0.161 e. The van der Waals surface area contributed by atoms with E-state index in [-0.39, 0.29) is 12.6 Å². The van der Waals surface area contributed by atoms with Gasteiger partial charge in [0.25, 0.3) is 0 Å². The van der Waals surface area contributed by atoms with E-state index in [1.54, 1.807) is 0 Å². The zero-order valence-corrected chi connectivity index (χ0v) is 21.7. The van der Waals surface area contributed by atoms with Crippen molar-refractivity contribution in [3.8, 4) is 0 Å². The third kappa shape index (κ3) is 22.9. The predicted octanol–water partition coefficient (Wildman–Crippen LogP) is 8.78. The van der Waals surface area contributed by atoms with Gasteiger partial charge in [0.1, 0.15) is 0 Å². The first-order chi connectivity index (χ1) is 15.3. The summed E-state index contributed by atoms with van der Waals surface area (Å²) in [5, 5.41) is 0. The van der Waals surface area contributed by atoms with Gasteiger partial charge >= 0.3 is 0 Å². The van der Waals surface area contributed by atoms with Gasteiger partial charge in [0.2, 0.25) is 0 Å². The first kappa shape index (κ1) is 30.9. The van der Waals surface area contributed by atoms with Gasteiger partial charge in [-0.05, 0) is 65.2 Å². The normalized spacial score (nSPS) is 14.1. The summed E-state index contributed by atoms with van der Waals surface area (Å²) in [5.41, 5.74) is 0. The van der Waals surface area contributed by atoms with Crippen molar-refractivity contribution in [2.45, 2.75) is 116 Å². The Morgan fingerprint density at radius 2 is 0.935 bits per heavy atom. The molecular weight excluding hydrogens is 431 g/mol. The lowest BCUT2D eigenvalue weighted by Gasteiger charge is -2.24. The largest absolute Gasteiger partial charge is 0.353 e. The van der Waals surface area contributed by atoms with Crippen molar-refractivity contribution in [1.82, 2.24) is 0 Å². The number of alkyl halides is 2. The van der Waals surface area contributed by atoms with Crippen molar-refractivity contribution < 1.29 is 14.2 Å². The van der Waals surface area contributed by atoms with E-state index in [4.69, 9.17) is 37.4 Å². The van der Waals surface area contributed by atoms with Crippen molar-refractivity contribution in [3.05, 3.63) is 24.3 Å². The predicted molar refractivity (Wildman–Crippen MR) is 136 cm³/mol. The van der Waals surface area contributed by atoms with Gasteiger partial charge < -0.3 is 14.2 Å². The zero-order valence-electron chi connectivity index (χ0n) is 20.2. The summed E-state index contributed by atoms with van der Waals surface area (Å²) in [7, 11) is 0. The highest BCUT2D eigenvalue weighted by Gasteiger charge is 2.16. The van der Waals surface area contributed by atoms with Gasteiger partial charge in [-0.25, -0.2) is 0 Å². The Balaban J connectivity index is 4.07. The summed E-state index contributed by atoms with van der Waals surface area (Å²) in [6.45, 7) is 5.33. The Morgan fingerprint density at radius 3 is 1.32 bits per heavy atom. The van der Waals surface area contributed by atoms with Crippen molar-refractivity contribution in [2.24, 2.45) is 0 Å². The van der Waals surface area contributed by atoms with Crippen LogP contribution >= 0.6 is 23.2 Å².